The Morgan fingerprint density at radius 2 is 1.58 bits per heavy atom. The number of nitrogens with two attached hydrogens (primary N) is 1. The molecule has 112 valence electrons. The molecule has 0 fully saturated rings. The highest BCUT2D eigenvalue weighted by atomic mass is 32.2. The molecule has 0 heterocycles. The molecule has 19 heavy (non-hydrogen) atoms. The summed E-state index contributed by atoms with van der Waals surface area (Å²) in [5.41, 5.74) is 0. The summed E-state index contributed by atoms with van der Waals surface area (Å²) in [5.74, 6) is -0.206. The number of rotatable bonds is 9. The summed E-state index contributed by atoms with van der Waals surface area (Å²) in [6.07, 6.45) is 2.92. The van der Waals surface area contributed by atoms with E-state index in [-0.39, 0.29) is 11.9 Å². The van der Waals surface area contributed by atoms with Gasteiger partial charge in [-0.25, -0.2) is 0 Å². The van der Waals surface area contributed by atoms with Crippen LogP contribution < -0.4 is 5.14 Å². The lowest BCUT2D eigenvalue weighted by molar-refractivity contribution is -0.141. The van der Waals surface area contributed by atoms with E-state index in [0.29, 0.717) is 44.3 Å². The second-order valence-electron chi connectivity index (χ2n) is 4.15. The van der Waals surface area contributed by atoms with E-state index in [4.69, 9.17) is 5.14 Å². The highest BCUT2D eigenvalue weighted by Crippen LogP contribution is 2.01. The SMILES string of the molecule is COC(=O)CCCC=S(N)(=O)CCCCC(=O)OC. The number of methoxy groups -OCH3 is 2. The van der Waals surface area contributed by atoms with Gasteiger partial charge >= 0.3 is 11.9 Å². The van der Waals surface area contributed by atoms with Gasteiger partial charge in [0.05, 0.1) is 14.2 Å². The lowest BCUT2D eigenvalue weighted by atomic mass is 10.2. The molecule has 1 unspecified atom stereocenters. The molecule has 0 rings (SSSR count). The fourth-order valence-electron chi connectivity index (χ4n) is 1.41. The van der Waals surface area contributed by atoms with Crippen molar-refractivity contribution in [2.45, 2.75) is 38.5 Å². The van der Waals surface area contributed by atoms with Gasteiger partial charge in [-0.1, -0.05) is 0 Å². The standard InChI is InChI=1S/C12H23NO5S/c1-17-11(14)7-3-5-9-19(13,16)10-6-4-8-12(15)18-2/h9H,3-8,10H2,1-2H3,(H2,13,16). The number of hydrogen-bond donors (Lipinski definition) is 1. The average molecular weight is 293 g/mol. The van der Waals surface area contributed by atoms with Gasteiger partial charge in [-0.3, -0.25) is 18.9 Å². The molecule has 0 aromatic carbocycles. The lowest BCUT2D eigenvalue weighted by Crippen LogP contribution is -2.20. The number of unbranched alkanes of at least 4 members (excludes halogenated alkanes) is 2. The number of ether oxygens (including phenoxy) is 2. The van der Waals surface area contributed by atoms with E-state index in [1.165, 1.54) is 14.2 Å². The van der Waals surface area contributed by atoms with Crippen LogP contribution in [0.25, 0.3) is 0 Å². The first kappa shape index (κ1) is 17.9. The smallest absolute Gasteiger partial charge is 0.305 e. The average Bonchev–Trinajstić information content (AvgIpc) is 2.39. The fraction of sp³-hybridized carbons (Fsp3) is 0.750. The third kappa shape index (κ3) is 10.5. The molecule has 0 saturated carbocycles. The highest BCUT2D eigenvalue weighted by Gasteiger charge is 2.04. The molecule has 0 radical (unpaired) electrons. The Balaban J connectivity index is 3.86. The minimum atomic E-state index is -2.47. The third-order valence-electron chi connectivity index (χ3n) is 2.53. The van der Waals surface area contributed by atoms with Crippen molar-refractivity contribution in [2.24, 2.45) is 5.14 Å². The zero-order valence-electron chi connectivity index (χ0n) is 11.6. The summed E-state index contributed by atoms with van der Waals surface area (Å²) < 4.78 is 20.9. The van der Waals surface area contributed by atoms with Crippen molar-refractivity contribution in [1.82, 2.24) is 0 Å². The molecule has 0 saturated heterocycles. The van der Waals surface area contributed by atoms with Crippen LogP contribution in [0.1, 0.15) is 38.5 Å². The lowest BCUT2D eigenvalue weighted by Gasteiger charge is -2.05. The first-order valence-electron chi connectivity index (χ1n) is 6.18. The van der Waals surface area contributed by atoms with Gasteiger partial charge in [0.1, 0.15) is 0 Å². The maximum absolute atomic E-state index is 11.9. The molecule has 7 heteroatoms. The Kier molecular flexibility index (Phi) is 9.24. The molecule has 0 aliphatic carbocycles. The van der Waals surface area contributed by atoms with Crippen molar-refractivity contribution in [2.75, 3.05) is 20.0 Å². The van der Waals surface area contributed by atoms with Crippen LogP contribution in [0, 0.1) is 0 Å². The Labute approximate surface area is 114 Å². The molecule has 2 N–H and O–H groups in total. The van der Waals surface area contributed by atoms with E-state index in [0.717, 1.165) is 0 Å². The van der Waals surface area contributed by atoms with Crippen molar-refractivity contribution in [3.05, 3.63) is 0 Å². The Morgan fingerprint density at radius 3 is 2.11 bits per heavy atom. The predicted molar refractivity (Wildman–Crippen MR) is 75.0 cm³/mol. The van der Waals surface area contributed by atoms with E-state index < -0.39 is 9.71 Å². The Hall–Kier alpha value is -1.08. The van der Waals surface area contributed by atoms with Gasteiger partial charge in [0.2, 0.25) is 0 Å². The fourth-order valence-corrected chi connectivity index (χ4v) is 2.80. The van der Waals surface area contributed by atoms with E-state index in [2.05, 4.69) is 9.47 Å². The molecular formula is C12H23NO5S. The summed E-state index contributed by atoms with van der Waals surface area (Å²) >= 11 is 0. The van der Waals surface area contributed by atoms with Crippen molar-refractivity contribution < 1.29 is 23.3 Å². The van der Waals surface area contributed by atoms with Crippen LogP contribution in [0.4, 0.5) is 0 Å². The van der Waals surface area contributed by atoms with Gasteiger partial charge in [0.25, 0.3) is 0 Å². The maximum atomic E-state index is 11.9. The molecule has 0 amide bonds. The highest BCUT2D eigenvalue weighted by molar-refractivity contribution is 7.99. The number of carbonyl (C=O) groups is 2. The van der Waals surface area contributed by atoms with Crippen LogP contribution in [-0.2, 0) is 28.8 Å². The quantitative estimate of drug-likeness (QED) is 0.382. The summed E-state index contributed by atoms with van der Waals surface area (Å²) in [7, 11) is 0.199. The maximum Gasteiger partial charge on any atom is 0.305 e. The van der Waals surface area contributed by atoms with E-state index in [1.807, 2.05) is 0 Å². The van der Waals surface area contributed by atoms with Gasteiger partial charge in [-0.2, -0.15) is 0 Å². The van der Waals surface area contributed by atoms with Gasteiger partial charge < -0.3 is 9.47 Å². The molecular weight excluding hydrogens is 270 g/mol. The minimum absolute atomic E-state index is 0.273. The zero-order chi connectivity index (χ0) is 14.7. The van der Waals surface area contributed by atoms with Crippen molar-refractivity contribution >= 4 is 27.0 Å². The van der Waals surface area contributed by atoms with Crippen LogP contribution in [0.3, 0.4) is 0 Å². The van der Waals surface area contributed by atoms with Crippen LogP contribution >= 0.6 is 0 Å². The van der Waals surface area contributed by atoms with Gasteiger partial charge in [0, 0.05) is 28.3 Å². The van der Waals surface area contributed by atoms with Gasteiger partial charge in [0.15, 0.2) is 0 Å². The van der Waals surface area contributed by atoms with Crippen LogP contribution in [0.15, 0.2) is 0 Å². The second-order valence-corrected chi connectivity index (χ2v) is 6.45. The largest absolute Gasteiger partial charge is 0.469 e. The van der Waals surface area contributed by atoms with E-state index >= 15 is 0 Å². The summed E-state index contributed by atoms with van der Waals surface area (Å²) in [6.45, 7) is 0. The molecule has 0 aliphatic heterocycles. The monoisotopic (exact) mass is 293 g/mol. The zero-order valence-corrected chi connectivity index (χ0v) is 12.4. The van der Waals surface area contributed by atoms with Crippen LogP contribution in [0.2, 0.25) is 0 Å². The summed E-state index contributed by atoms with van der Waals surface area (Å²) in [6, 6.07) is 0. The topological polar surface area (TPSA) is 95.7 Å². The van der Waals surface area contributed by atoms with Gasteiger partial charge in [-0.05, 0) is 31.1 Å². The second kappa shape index (κ2) is 9.80. The number of esters is 2. The third-order valence-corrected chi connectivity index (χ3v) is 4.26. The normalized spacial score (nSPS) is 13.4. The first-order chi connectivity index (χ1) is 8.91. The summed E-state index contributed by atoms with van der Waals surface area (Å²) in [5, 5.41) is 7.22. The van der Waals surface area contributed by atoms with Crippen molar-refractivity contribution in [1.29, 1.82) is 0 Å². The molecule has 0 aromatic heterocycles. The van der Waals surface area contributed by atoms with E-state index in [1.54, 1.807) is 5.37 Å². The number of hydrogen-bond acceptors (Lipinski definition) is 5. The minimum Gasteiger partial charge on any atom is -0.469 e. The van der Waals surface area contributed by atoms with E-state index in [9.17, 15) is 13.8 Å². The van der Waals surface area contributed by atoms with Gasteiger partial charge in [-0.15, -0.1) is 0 Å². The number of carbonyl (C=O) groups excluding carboxylic acids is 2. The van der Waals surface area contributed by atoms with Crippen LogP contribution in [0.5, 0.6) is 0 Å². The Bertz CT molecular complexity index is 399. The molecule has 1 atom stereocenters. The molecule has 0 aromatic rings. The summed E-state index contributed by atoms with van der Waals surface area (Å²) in [4.78, 5) is 21.7. The van der Waals surface area contributed by atoms with Crippen LogP contribution in [-0.4, -0.2) is 41.5 Å². The molecule has 0 bridgehead atoms. The first-order valence-corrected chi connectivity index (χ1v) is 8.03. The molecule has 6 nitrogen and oxygen atoms in total. The van der Waals surface area contributed by atoms with Crippen molar-refractivity contribution in [3.8, 4) is 0 Å². The Morgan fingerprint density at radius 1 is 1.05 bits per heavy atom. The molecule has 0 spiro atoms. The van der Waals surface area contributed by atoms with Crippen molar-refractivity contribution in [3.63, 3.8) is 0 Å². The molecule has 0 aliphatic rings. The predicted octanol–water partition coefficient (Wildman–Crippen LogP) is 0.633.